The van der Waals surface area contributed by atoms with Crippen LogP contribution in [0.25, 0.3) is 0 Å². The van der Waals surface area contributed by atoms with Crippen molar-refractivity contribution < 1.29 is 9.59 Å². The normalized spacial score (nSPS) is 14.5. The van der Waals surface area contributed by atoms with Crippen molar-refractivity contribution in [2.45, 2.75) is 66.2 Å². The third-order valence-corrected chi connectivity index (χ3v) is 3.41. The summed E-state index contributed by atoms with van der Waals surface area (Å²) in [7, 11) is 0. The molecule has 94 valence electrons. The lowest BCUT2D eigenvalue weighted by molar-refractivity contribution is -0.121. The Hall–Kier alpha value is -0.660. The van der Waals surface area contributed by atoms with Crippen LogP contribution in [0.3, 0.4) is 0 Å². The van der Waals surface area contributed by atoms with Gasteiger partial charge in [0.25, 0.3) is 0 Å². The fourth-order valence-electron chi connectivity index (χ4n) is 1.66. The van der Waals surface area contributed by atoms with Crippen molar-refractivity contribution in [3.8, 4) is 0 Å². The second kappa shape index (κ2) is 8.49. The summed E-state index contributed by atoms with van der Waals surface area (Å²) in [5.74, 6) is 1.03. The third-order valence-electron chi connectivity index (χ3n) is 3.41. The lowest BCUT2D eigenvalue weighted by atomic mass is 9.96. The standard InChI is InChI=1S/C14H26O2/c1-11(13(3)15)9-7-5-6-8-10-12(2)14(4)16/h11-12H,5-10H2,1-4H3. The number of unbranched alkanes of at least 4 members (excludes halogenated alkanes) is 3. The molecule has 0 aromatic heterocycles. The highest BCUT2D eigenvalue weighted by atomic mass is 16.1. The van der Waals surface area contributed by atoms with E-state index in [2.05, 4.69) is 0 Å². The molecule has 0 saturated carbocycles. The summed E-state index contributed by atoms with van der Waals surface area (Å²) in [5.41, 5.74) is 0. The van der Waals surface area contributed by atoms with Crippen LogP contribution in [-0.2, 0) is 9.59 Å². The van der Waals surface area contributed by atoms with Gasteiger partial charge in [-0.05, 0) is 26.7 Å². The zero-order chi connectivity index (χ0) is 12.6. The molecule has 0 amide bonds. The van der Waals surface area contributed by atoms with Crippen LogP contribution in [-0.4, -0.2) is 11.6 Å². The minimum atomic E-state index is 0.219. The summed E-state index contributed by atoms with van der Waals surface area (Å²) in [6.07, 6.45) is 6.66. The van der Waals surface area contributed by atoms with Gasteiger partial charge in [-0.25, -0.2) is 0 Å². The average Bonchev–Trinajstić information content (AvgIpc) is 2.21. The molecule has 2 heteroatoms. The SMILES string of the molecule is CC(=O)C(C)CCCCCCC(C)C(C)=O. The molecule has 0 saturated heterocycles. The number of carbonyl (C=O) groups excluding carboxylic acids is 2. The monoisotopic (exact) mass is 226 g/mol. The summed E-state index contributed by atoms with van der Waals surface area (Å²) < 4.78 is 0. The van der Waals surface area contributed by atoms with Crippen LogP contribution in [0.2, 0.25) is 0 Å². The molecule has 0 aliphatic heterocycles. The Kier molecular flexibility index (Phi) is 8.14. The predicted molar refractivity (Wildman–Crippen MR) is 67.4 cm³/mol. The Morgan fingerprint density at radius 2 is 1.06 bits per heavy atom. The molecular formula is C14H26O2. The maximum atomic E-state index is 11.0. The van der Waals surface area contributed by atoms with Crippen molar-refractivity contribution in [2.75, 3.05) is 0 Å². The zero-order valence-electron chi connectivity index (χ0n) is 11.2. The van der Waals surface area contributed by atoms with Crippen molar-refractivity contribution in [1.82, 2.24) is 0 Å². The Morgan fingerprint density at radius 3 is 1.31 bits per heavy atom. The minimum absolute atomic E-state index is 0.219. The molecule has 0 bridgehead atoms. The molecular weight excluding hydrogens is 200 g/mol. The van der Waals surface area contributed by atoms with Gasteiger partial charge in [0.2, 0.25) is 0 Å². The Labute approximate surface area is 99.8 Å². The first-order valence-corrected chi connectivity index (χ1v) is 6.46. The highest BCUT2D eigenvalue weighted by Gasteiger charge is 2.08. The molecule has 0 aromatic carbocycles. The third kappa shape index (κ3) is 7.61. The van der Waals surface area contributed by atoms with Gasteiger partial charge in [0, 0.05) is 11.8 Å². The number of carbonyl (C=O) groups is 2. The van der Waals surface area contributed by atoms with Crippen molar-refractivity contribution >= 4 is 11.6 Å². The summed E-state index contributed by atoms with van der Waals surface area (Å²) in [6, 6.07) is 0. The van der Waals surface area contributed by atoms with Gasteiger partial charge in [-0.1, -0.05) is 39.5 Å². The number of ketones is 2. The van der Waals surface area contributed by atoms with Crippen LogP contribution in [0.5, 0.6) is 0 Å². The minimum Gasteiger partial charge on any atom is -0.300 e. The Balaban J connectivity index is 3.34. The highest BCUT2D eigenvalue weighted by Crippen LogP contribution is 2.14. The first kappa shape index (κ1) is 15.3. The van der Waals surface area contributed by atoms with E-state index >= 15 is 0 Å². The van der Waals surface area contributed by atoms with Crippen molar-refractivity contribution in [3.63, 3.8) is 0 Å². The summed E-state index contributed by atoms with van der Waals surface area (Å²) in [5, 5.41) is 0. The molecule has 0 heterocycles. The average molecular weight is 226 g/mol. The van der Waals surface area contributed by atoms with Crippen molar-refractivity contribution in [1.29, 1.82) is 0 Å². The first-order chi connectivity index (χ1) is 7.45. The lowest BCUT2D eigenvalue weighted by Gasteiger charge is -2.08. The quantitative estimate of drug-likeness (QED) is 0.561. The Morgan fingerprint density at radius 1 is 0.750 bits per heavy atom. The van der Waals surface area contributed by atoms with E-state index in [9.17, 15) is 9.59 Å². The van der Waals surface area contributed by atoms with Crippen molar-refractivity contribution in [3.05, 3.63) is 0 Å². The van der Waals surface area contributed by atoms with E-state index < -0.39 is 0 Å². The molecule has 0 aromatic rings. The molecule has 0 N–H and O–H groups in total. The van der Waals surface area contributed by atoms with E-state index in [1.165, 1.54) is 12.8 Å². The zero-order valence-corrected chi connectivity index (χ0v) is 11.2. The molecule has 0 aliphatic rings. The van der Waals surface area contributed by atoms with E-state index in [0.717, 1.165) is 25.7 Å². The van der Waals surface area contributed by atoms with E-state index in [0.29, 0.717) is 11.6 Å². The topological polar surface area (TPSA) is 34.1 Å². The largest absolute Gasteiger partial charge is 0.300 e. The number of rotatable bonds is 9. The first-order valence-electron chi connectivity index (χ1n) is 6.46. The van der Waals surface area contributed by atoms with Crippen LogP contribution >= 0.6 is 0 Å². The summed E-state index contributed by atoms with van der Waals surface area (Å²) >= 11 is 0. The van der Waals surface area contributed by atoms with Gasteiger partial charge in [0.05, 0.1) is 0 Å². The van der Waals surface area contributed by atoms with Crippen LogP contribution in [0.4, 0.5) is 0 Å². The molecule has 2 atom stereocenters. The van der Waals surface area contributed by atoms with Gasteiger partial charge >= 0.3 is 0 Å². The molecule has 0 radical (unpaired) electrons. The van der Waals surface area contributed by atoms with E-state index in [-0.39, 0.29) is 11.8 Å². The number of hydrogen-bond acceptors (Lipinski definition) is 2. The van der Waals surface area contributed by atoms with E-state index in [4.69, 9.17) is 0 Å². The molecule has 2 unspecified atom stereocenters. The van der Waals surface area contributed by atoms with Crippen LogP contribution in [0.15, 0.2) is 0 Å². The van der Waals surface area contributed by atoms with Gasteiger partial charge in [-0.2, -0.15) is 0 Å². The lowest BCUT2D eigenvalue weighted by Crippen LogP contribution is -2.06. The Bertz CT molecular complexity index is 197. The van der Waals surface area contributed by atoms with Gasteiger partial charge in [-0.15, -0.1) is 0 Å². The predicted octanol–water partition coefficient (Wildman–Crippen LogP) is 3.78. The molecule has 0 fully saturated rings. The van der Waals surface area contributed by atoms with Crippen LogP contribution < -0.4 is 0 Å². The van der Waals surface area contributed by atoms with Crippen molar-refractivity contribution in [2.24, 2.45) is 11.8 Å². The maximum absolute atomic E-state index is 11.0. The second-order valence-corrected chi connectivity index (χ2v) is 5.01. The van der Waals surface area contributed by atoms with Gasteiger partial charge in [0.15, 0.2) is 0 Å². The maximum Gasteiger partial charge on any atom is 0.132 e. The van der Waals surface area contributed by atoms with Gasteiger partial charge in [0.1, 0.15) is 11.6 Å². The fourth-order valence-corrected chi connectivity index (χ4v) is 1.66. The van der Waals surface area contributed by atoms with Crippen LogP contribution in [0.1, 0.15) is 66.2 Å². The summed E-state index contributed by atoms with van der Waals surface area (Å²) in [6.45, 7) is 7.33. The van der Waals surface area contributed by atoms with Gasteiger partial charge < -0.3 is 0 Å². The summed E-state index contributed by atoms with van der Waals surface area (Å²) in [4.78, 5) is 22.0. The molecule has 0 rings (SSSR count). The smallest absolute Gasteiger partial charge is 0.132 e. The van der Waals surface area contributed by atoms with Crippen LogP contribution in [0, 0.1) is 11.8 Å². The van der Waals surface area contributed by atoms with E-state index in [1.54, 1.807) is 13.8 Å². The van der Waals surface area contributed by atoms with Gasteiger partial charge in [-0.3, -0.25) is 9.59 Å². The highest BCUT2D eigenvalue weighted by molar-refractivity contribution is 5.78. The number of Topliss-reactive ketones (excluding diaryl/α,β-unsaturated/α-hetero) is 2. The van der Waals surface area contributed by atoms with E-state index in [1.807, 2.05) is 13.8 Å². The molecule has 0 aliphatic carbocycles. The fraction of sp³-hybridized carbons (Fsp3) is 0.857. The second-order valence-electron chi connectivity index (χ2n) is 5.01. The number of hydrogen-bond donors (Lipinski definition) is 0. The molecule has 0 spiro atoms. The molecule has 16 heavy (non-hydrogen) atoms. The molecule has 2 nitrogen and oxygen atoms in total.